The molecule has 6 heteroatoms. The Morgan fingerprint density at radius 3 is 2.26 bits per heavy atom. The largest absolute Gasteiger partial charge is 0.502 e. The zero-order valence-electron chi connectivity index (χ0n) is 15.7. The molecule has 1 N–H and O–H groups in total. The number of methoxy groups -OCH3 is 2. The molecule has 0 unspecified atom stereocenters. The van der Waals surface area contributed by atoms with Crippen LogP contribution in [-0.2, 0) is 16.1 Å². The molecule has 0 saturated heterocycles. The van der Waals surface area contributed by atoms with Crippen LogP contribution < -0.4 is 9.47 Å². The average molecular weight is 367 g/mol. The fraction of sp³-hybridized carbons (Fsp3) is 0.238. The van der Waals surface area contributed by atoms with Gasteiger partial charge in [0.1, 0.15) is 0 Å². The molecule has 27 heavy (non-hydrogen) atoms. The summed E-state index contributed by atoms with van der Waals surface area (Å²) in [5, 5.41) is 10.3. The molecule has 140 valence electrons. The zero-order chi connectivity index (χ0) is 19.7. The first-order chi connectivity index (χ1) is 12.9. The van der Waals surface area contributed by atoms with E-state index in [-0.39, 0.29) is 12.1 Å². The second-order valence-electron chi connectivity index (χ2n) is 6.43. The van der Waals surface area contributed by atoms with Gasteiger partial charge < -0.3 is 14.6 Å². The van der Waals surface area contributed by atoms with Crippen molar-refractivity contribution in [1.29, 1.82) is 0 Å². The van der Waals surface area contributed by atoms with E-state index in [9.17, 15) is 14.7 Å². The first-order valence-electron chi connectivity index (χ1n) is 8.45. The molecular weight excluding hydrogens is 346 g/mol. The number of carbonyl (C=O) groups excluding carboxylic acids is 2. The first kappa shape index (κ1) is 18.5. The van der Waals surface area contributed by atoms with E-state index in [4.69, 9.17) is 9.47 Å². The Morgan fingerprint density at radius 2 is 1.63 bits per heavy atom. The van der Waals surface area contributed by atoms with Crippen molar-refractivity contribution < 1.29 is 24.2 Å². The summed E-state index contributed by atoms with van der Waals surface area (Å²) in [5.74, 6) is -0.686. The topological polar surface area (TPSA) is 76.1 Å². The summed E-state index contributed by atoms with van der Waals surface area (Å²) in [6.45, 7) is 3.81. The van der Waals surface area contributed by atoms with Crippen LogP contribution >= 0.6 is 0 Å². The normalized spacial score (nSPS) is 14.1. The maximum atomic E-state index is 12.9. The molecule has 6 nitrogen and oxygen atoms in total. The van der Waals surface area contributed by atoms with E-state index < -0.39 is 17.6 Å². The van der Waals surface area contributed by atoms with Crippen molar-refractivity contribution in [2.75, 3.05) is 14.2 Å². The molecule has 3 rings (SSSR count). The van der Waals surface area contributed by atoms with Crippen LogP contribution in [0.15, 0.2) is 42.2 Å². The van der Waals surface area contributed by atoms with Gasteiger partial charge in [-0.2, -0.15) is 0 Å². The van der Waals surface area contributed by atoms with Crippen molar-refractivity contribution in [2.24, 2.45) is 0 Å². The molecule has 0 saturated carbocycles. The highest BCUT2D eigenvalue weighted by Crippen LogP contribution is 2.33. The van der Waals surface area contributed by atoms with E-state index in [0.29, 0.717) is 22.6 Å². The summed E-state index contributed by atoms with van der Waals surface area (Å²) in [4.78, 5) is 26.4. The van der Waals surface area contributed by atoms with E-state index in [0.717, 1.165) is 16.0 Å². The summed E-state index contributed by atoms with van der Waals surface area (Å²) >= 11 is 0. The van der Waals surface area contributed by atoms with Crippen molar-refractivity contribution in [3.8, 4) is 11.5 Å². The van der Waals surface area contributed by atoms with E-state index in [1.165, 1.54) is 14.2 Å². The zero-order valence-corrected chi connectivity index (χ0v) is 15.7. The highest BCUT2D eigenvalue weighted by molar-refractivity contribution is 6.35. The SMILES string of the molecule is COc1ccc(CN2C(=O)C(O)=C(c3ccc(C)cc3C)C2=O)cc1OC. The maximum absolute atomic E-state index is 12.9. The number of nitrogens with zero attached hydrogens (tertiary/aromatic N) is 1. The highest BCUT2D eigenvalue weighted by Gasteiger charge is 2.39. The quantitative estimate of drug-likeness (QED) is 0.822. The predicted octanol–water partition coefficient (Wildman–Crippen LogP) is 3.16. The summed E-state index contributed by atoms with van der Waals surface area (Å²) in [5.41, 5.74) is 3.15. The number of aliphatic hydroxyl groups is 1. The van der Waals surface area contributed by atoms with Crippen LogP contribution in [0, 0.1) is 13.8 Å². The van der Waals surface area contributed by atoms with Crippen LogP contribution in [0.2, 0.25) is 0 Å². The van der Waals surface area contributed by atoms with E-state index in [1.807, 2.05) is 26.0 Å². The molecule has 0 aromatic heterocycles. The van der Waals surface area contributed by atoms with Crippen molar-refractivity contribution in [3.63, 3.8) is 0 Å². The molecule has 0 fully saturated rings. The Morgan fingerprint density at radius 1 is 0.926 bits per heavy atom. The second-order valence-corrected chi connectivity index (χ2v) is 6.43. The molecule has 0 aliphatic carbocycles. The van der Waals surface area contributed by atoms with Gasteiger partial charge in [0, 0.05) is 0 Å². The Kier molecular flexibility index (Phi) is 4.90. The van der Waals surface area contributed by atoms with Crippen LogP contribution in [-0.4, -0.2) is 36.0 Å². The fourth-order valence-corrected chi connectivity index (χ4v) is 3.21. The molecule has 0 spiro atoms. The molecule has 2 aromatic carbocycles. The predicted molar refractivity (Wildman–Crippen MR) is 101 cm³/mol. The van der Waals surface area contributed by atoms with E-state index in [1.54, 1.807) is 24.3 Å². The number of hydrogen-bond acceptors (Lipinski definition) is 5. The Labute approximate surface area is 157 Å². The summed E-state index contributed by atoms with van der Waals surface area (Å²) in [7, 11) is 3.04. The third-order valence-electron chi connectivity index (χ3n) is 4.58. The molecular formula is C21H21NO5. The van der Waals surface area contributed by atoms with Gasteiger partial charge in [-0.3, -0.25) is 14.5 Å². The number of rotatable bonds is 5. The summed E-state index contributed by atoms with van der Waals surface area (Å²) < 4.78 is 10.5. The minimum Gasteiger partial charge on any atom is -0.502 e. The first-order valence-corrected chi connectivity index (χ1v) is 8.45. The van der Waals surface area contributed by atoms with Crippen LogP contribution in [0.25, 0.3) is 5.57 Å². The number of benzene rings is 2. The number of imide groups is 1. The lowest BCUT2D eigenvalue weighted by Gasteiger charge is -2.16. The summed E-state index contributed by atoms with van der Waals surface area (Å²) in [6.07, 6.45) is 0. The van der Waals surface area contributed by atoms with Gasteiger partial charge in [0.25, 0.3) is 11.8 Å². The molecule has 2 aromatic rings. The monoisotopic (exact) mass is 367 g/mol. The number of carbonyl (C=O) groups is 2. The summed E-state index contributed by atoms with van der Waals surface area (Å²) in [6, 6.07) is 10.7. The lowest BCUT2D eigenvalue weighted by molar-refractivity contribution is -0.138. The molecule has 0 bridgehead atoms. The fourth-order valence-electron chi connectivity index (χ4n) is 3.21. The molecule has 1 heterocycles. The van der Waals surface area contributed by atoms with E-state index >= 15 is 0 Å². The number of amides is 2. The molecule has 2 amide bonds. The lowest BCUT2D eigenvalue weighted by atomic mass is 9.98. The van der Waals surface area contributed by atoms with Crippen molar-refractivity contribution in [3.05, 3.63) is 64.4 Å². The highest BCUT2D eigenvalue weighted by atomic mass is 16.5. The van der Waals surface area contributed by atoms with Gasteiger partial charge in [-0.1, -0.05) is 29.8 Å². The average Bonchev–Trinajstić information content (AvgIpc) is 2.85. The number of ether oxygens (including phenoxy) is 2. The third kappa shape index (κ3) is 3.26. The molecule has 0 radical (unpaired) electrons. The standard InChI is InChI=1S/C21H21NO5/c1-12-5-7-15(13(2)9-12)18-19(23)21(25)22(20(18)24)11-14-6-8-16(26-3)17(10-14)27-4/h5-10,23H,11H2,1-4H3. The number of hydrogen-bond donors (Lipinski definition) is 1. The molecule has 1 aliphatic heterocycles. The van der Waals surface area contributed by atoms with E-state index in [2.05, 4.69) is 0 Å². The van der Waals surface area contributed by atoms with Gasteiger partial charge in [-0.05, 0) is 42.7 Å². The number of aliphatic hydroxyl groups excluding tert-OH is 1. The van der Waals surface area contributed by atoms with Crippen LogP contribution in [0.4, 0.5) is 0 Å². The van der Waals surface area contributed by atoms with Gasteiger partial charge >= 0.3 is 0 Å². The molecule has 0 atom stereocenters. The second kappa shape index (κ2) is 7.15. The number of aryl methyl sites for hydroxylation is 2. The third-order valence-corrected chi connectivity index (χ3v) is 4.58. The van der Waals surface area contributed by atoms with Crippen molar-refractivity contribution in [1.82, 2.24) is 4.90 Å². The Hall–Kier alpha value is -3.28. The Balaban J connectivity index is 1.92. The lowest BCUT2D eigenvalue weighted by Crippen LogP contribution is -2.31. The van der Waals surface area contributed by atoms with Crippen LogP contribution in [0.1, 0.15) is 22.3 Å². The van der Waals surface area contributed by atoms with Gasteiger partial charge in [-0.25, -0.2) is 0 Å². The Bertz CT molecular complexity index is 961. The van der Waals surface area contributed by atoms with Crippen molar-refractivity contribution in [2.45, 2.75) is 20.4 Å². The van der Waals surface area contributed by atoms with Gasteiger partial charge in [-0.15, -0.1) is 0 Å². The van der Waals surface area contributed by atoms with Gasteiger partial charge in [0.05, 0.1) is 26.3 Å². The minimum atomic E-state index is -0.704. The molecule has 1 aliphatic rings. The van der Waals surface area contributed by atoms with Gasteiger partial charge in [0.15, 0.2) is 17.3 Å². The smallest absolute Gasteiger partial charge is 0.296 e. The van der Waals surface area contributed by atoms with Gasteiger partial charge in [0.2, 0.25) is 0 Å². The van der Waals surface area contributed by atoms with Crippen LogP contribution in [0.5, 0.6) is 11.5 Å². The maximum Gasteiger partial charge on any atom is 0.296 e. The van der Waals surface area contributed by atoms with Crippen molar-refractivity contribution >= 4 is 17.4 Å². The van der Waals surface area contributed by atoms with Crippen LogP contribution in [0.3, 0.4) is 0 Å². The minimum absolute atomic E-state index is 0.0243.